The molecule has 3 aromatic carbocycles. The summed E-state index contributed by atoms with van der Waals surface area (Å²) < 4.78 is 70.2. The van der Waals surface area contributed by atoms with Gasteiger partial charge in [0.25, 0.3) is 11.7 Å². The predicted molar refractivity (Wildman–Crippen MR) is 129 cm³/mol. The average molecular weight is 536 g/mol. The van der Waals surface area contributed by atoms with Gasteiger partial charge in [-0.05, 0) is 73.5 Å². The fourth-order valence-corrected chi connectivity index (χ4v) is 3.60. The lowest BCUT2D eigenvalue weighted by Gasteiger charge is -2.15. The molecule has 11 heteroatoms. The average Bonchev–Trinajstić information content (AvgIpc) is 2.83. The van der Waals surface area contributed by atoms with Crippen LogP contribution in [0.1, 0.15) is 16.9 Å². The minimum absolute atomic E-state index is 0.0105. The number of rotatable bonds is 6. The molecule has 0 aliphatic carbocycles. The fraction of sp³-hybridized carbons (Fsp3) is 0.154. The first kappa shape index (κ1) is 26.0. The van der Waals surface area contributed by atoms with Crippen molar-refractivity contribution in [3.63, 3.8) is 0 Å². The van der Waals surface area contributed by atoms with Gasteiger partial charge in [0.05, 0.1) is 5.39 Å². The topological polar surface area (TPSA) is 77.8 Å². The molecule has 0 aliphatic rings. The number of carbonyl (C=O) groups excluding carboxylic acids is 1. The molecular formula is C26H18ClF4NO5. The van der Waals surface area contributed by atoms with E-state index in [0.717, 1.165) is 18.2 Å². The third kappa shape index (κ3) is 5.86. The second-order valence-corrected chi connectivity index (χ2v) is 8.44. The molecule has 0 radical (unpaired) electrons. The maximum absolute atomic E-state index is 13.8. The summed E-state index contributed by atoms with van der Waals surface area (Å²) in [7, 11) is 0. The number of aryl methyl sites for hydroxylation is 2. The molecule has 0 aliphatic heterocycles. The van der Waals surface area contributed by atoms with Gasteiger partial charge < -0.3 is 19.2 Å². The maximum atomic E-state index is 13.8. The zero-order chi connectivity index (χ0) is 26.9. The standard InChI is InChI=1S/C26H18ClF4NO5/c1-13-9-18(10-14(2)22(13)27)36-24-23(34)19-8-7-17(11-20(19)37-25(24)26(29,30)31)35-12-21(33)32-16-5-3-15(28)4-6-16/h3-11H,12H2,1-2H3,(H,32,33). The van der Waals surface area contributed by atoms with Gasteiger partial charge in [0.15, 0.2) is 6.61 Å². The number of amides is 1. The lowest BCUT2D eigenvalue weighted by Crippen LogP contribution is -2.20. The Morgan fingerprint density at radius 1 is 1.00 bits per heavy atom. The Labute approximate surface area is 212 Å². The van der Waals surface area contributed by atoms with Gasteiger partial charge in [-0.3, -0.25) is 9.59 Å². The molecule has 192 valence electrons. The summed E-state index contributed by atoms with van der Waals surface area (Å²) in [4.78, 5) is 25.1. The van der Waals surface area contributed by atoms with E-state index in [0.29, 0.717) is 21.8 Å². The SMILES string of the molecule is Cc1cc(Oc2c(C(F)(F)F)oc3cc(OCC(=O)Nc4ccc(F)cc4)ccc3c2=O)cc(C)c1Cl. The first-order valence-corrected chi connectivity index (χ1v) is 11.1. The van der Waals surface area contributed by atoms with Crippen molar-refractivity contribution < 1.29 is 36.2 Å². The second kappa shape index (κ2) is 10.1. The minimum Gasteiger partial charge on any atom is -0.484 e. The van der Waals surface area contributed by atoms with Crippen LogP contribution in [0, 0.1) is 19.7 Å². The molecule has 4 rings (SSSR count). The van der Waals surface area contributed by atoms with Crippen molar-refractivity contribution in [3.8, 4) is 17.2 Å². The monoisotopic (exact) mass is 535 g/mol. The van der Waals surface area contributed by atoms with Crippen LogP contribution in [0.2, 0.25) is 5.02 Å². The van der Waals surface area contributed by atoms with Crippen LogP contribution < -0.4 is 20.2 Å². The summed E-state index contributed by atoms with van der Waals surface area (Å²) in [6.07, 6.45) is -5.05. The Kier molecular flexibility index (Phi) is 7.13. The van der Waals surface area contributed by atoms with Crippen molar-refractivity contribution in [2.45, 2.75) is 20.0 Å². The lowest BCUT2D eigenvalue weighted by atomic mass is 10.1. The molecule has 0 spiro atoms. The van der Waals surface area contributed by atoms with Gasteiger partial charge in [-0.25, -0.2) is 4.39 Å². The van der Waals surface area contributed by atoms with Crippen molar-refractivity contribution in [2.75, 3.05) is 11.9 Å². The molecule has 1 N–H and O–H groups in total. The Hall–Kier alpha value is -4.05. The number of hydrogen-bond donors (Lipinski definition) is 1. The van der Waals surface area contributed by atoms with E-state index in [4.69, 9.17) is 25.5 Å². The molecule has 1 aromatic heterocycles. The van der Waals surface area contributed by atoms with Crippen LogP contribution in [0.25, 0.3) is 11.0 Å². The number of hydrogen-bond acceptors (Lipinski definition) is 5. The summed E-state index contributed by atoms with van der Waals surface area (Å²) in [6, 6.07) is 11.4. The van der Waals surface area contributed by atoms with Crippen LogP contribution in [-0.4, -0.2) is 12.5 Å². The second-order valence-electron chi connectivity index (χ2n) is 8.06. The van der Waals surface area contributed by atoms with Gasteiger partial charge in [0.1, 0.15) is 22.9 Å². The van der Waals surface area contributed by atoms with Crippen LogP contribution in [0.5, 0.6) is 17.2 Å². The van der Waals surface area contributed by atoms with Gasteiger partial charge in [0.2, 0.25) is 11.2 Å². The summed E-state index contributed by atoms with van der Waals surface area (Å²) in [5, 5.41) is 2.72. The van der Waals surface area contributed by atoms with E-state index in [1.165, 1.54) is 36.4 Å². The molecule has 37 heavy (non-hydrogen) atoms. The van der Waals surface area contributed by atoms with Gasteiger partial charge in [-0.15, -0.1) is 0 Å². The Bertz CT molecular complexity index is 1530. The zero-order valence-electron chi connectivity index (χ0n) is 19.3. The van der Waals surface area contributed by atoms with Crippen molar-refractivity contribution in [2.24, 2.45) is 0 Å². The van der Waals surface area contributed by atoms with E-state index in [1.807, 2.05) is 0 Å². The zero-order valence-corrected chi connectivity index (χ0v) is 20.1. The normalized spacial score (nSPS) is 11.4. The smallest absolute Gasteiger partial charge is 0.453 e. The van der Waals surface area contributed by atoms with E-state index < -0.39 is 47.0 Å². The summed E-state index contributed by atoms with van der Waals surface area (Å²) in [5.41, 5.74) is -0.0155. The third-order valence-corrected chi connectivity index (χ3v) is 5.80. The van der Waals surface area contributed by atoms with E-state index >= 15 is 0 Å². The number of benzene rings is 3. The molecule has 4 aromatic rings. The minimum atomic E-state index is -5.05. The van der Waals surface area contributed by atoms with Crippen LogP contribution >= 0.6 is 11.6 Å². The van der Waals surface area contributed by atoms with Gasteiger partial charge >= 0.3 is 6.18 Å². The first-order chi connectivity index (χ1) is 17.4. The third-order valence-electron chi connectivity index (χ3n) is 5.21. The van der Waals surface area contributed by atoms with Crippen LogP contribution in [0.4, 0.5) is 23.2 Å². The van der Waals surface area contributed by atoms with Crippen molar-refractivity contribution in [3.05, 3.63) is 92.5 Å². The highest BCUT2D eigenvalue weighted by atomic mass is 35.5. The van der Waals surface area contributed by atoms with Crippen molar-refractivity contribution in [1.29, 1.82) is 0 Å². The Balaban J connectivity index is 1.62. The van der Waals surface area contributed by atoms with Crippen molar-refractivity contribution >= 4 is 34.2 Å². The highest BCUT2D eigenvalue weighted by molar-refractivity contribution is 6.32. The quantitative estimate of drug-likeness (QED) is 0.268. The number of alkyl halides is 3. The molecule has 0 saturated carbocycles. The van der Waals surface area contributed by atoms with Crippen molar-refractivity contribution in [1.82, 2.24) is 0 Å². The number of nitrogens with one attached hydrogen (secondary N) is 1. The van der Waals surface area contributed by atoms with E-state index in [2.05, 4.69) is 5.32 Å². The van der Waals surface area contributed by atoms with Crippen LogP contribution in [0.3, 0.4) is 0 Å². The lowest BCUT2D eigenvalue weighted by molar-refractivity contribution is -0.154. The highest BCUT2D eigenvalue weighted by Crippen LogP contribution is 2.39. The molecule has 1 heterocycles. The summed E-state index contributed by atoms with van der Waals surface area (Å²) in [6.45, 7) is 2.80. The van der Waals surface area contributed by atoms with E-state index in [-0.39, 0.29) is 16.9 Å². The van der Waals surface area contributed by atoms with Crippen LogP contribution in [0.15, 0.2) is 63.8 Å². The van der Waals surface area contributed by atoms with Gasteiger partial charge in [-0.2, -0.15) is 13.2 Å². The molecule has 0 saturated heterocycles. The molecule has 0 unspecified atom stereocenters. The molecule has 0 atom stereocenters. The number of fused-ring (bicyclic) bond motifs is 1. The molecule has 1 amide bonds. The number of ether oxygens (including phenoxy) is 2. The summed E-state index contributed by atoms with van der Waals surface area (Å²) in [5.74, 6) is -3.74. The Morgan fingerprint density at radius 2 is 1.65 bits per heavy atom. The number of carbonyl (C=O) groups is 1. The van der Waals surface area contributed by atoms with E-state index in [9.17, 15) is 27.2 Å². The summed E-state index contributed by atoms with van der Waals surface area (Å²) >= 11 is 6.11. The molecule has 0 fully saturated rings. The number of anilines is 1. The van der Waals surface area contributed by atoms with Crippen LogP contribution in [-0.2, 0) is 11.0 Å². The highest BCUT2D eigenvalue weighted by Gasteiger charge is 2.40. The first-order valence-electron chi connectivity index (χ1n) is 10.7. The molecule has 0 bridgehead atoms. The van der Waals surface area contributed by atoms with E-state index in [1.54, 1.807) is 13.8 Å². The van der Waals surface area contributed by atoms with Gasteiger partial charge in [0, 0.05) is 16.8 Å². The number of halogens is 5. The Morgan fingerprint density at radius 3 is 2.27 bits per heavy atom. The van der Waals surface area contributed by atoms with Gasteiger partial charge in [-0.1, -0.05) is 11.6 Å². The maximum Gasteiger partial charge on any atom is 0.453 e. The largest absolute Gasteiger partial charge is 0.484 e. The molecule has 6 nitrogen and oxygen atoms in total. The molecular weight excluding hydrogens is 518 g/mol. The fourth-order valence-electron chi connectivity index (χ4n) is 3.49. The predicted octanol–water partition coefficient (Wildman–Crippen LogP) is 7.03.